The van der Waals surface area contributed by atoms with E-state index in [1.165, 1.54) is 7.11 Å². The summed E-state index contributed by atoms with van der Waals surface area (Å²) in [6.07, 6.45) is 2.52. The Morgan fingerprint density at radius 3 is 2.43 bits per heavy atom. The lowest BCUT2D eigenvalue weighted by Gasteiger charge is -2.34. The lowest BCUT2D eigenvalue weighted by molar-refractivity contribution is -0.148. The van der Waals surface area contributed by atoms with Crippen molar-refractivity contribution in [3.63, 3.8) is 0 Å². The molecule has 0 bridgehead atoms. The highest BCUT2D eigenvalue weighted by atomic mass is 16.5. The summed E-state index contributed by atoms with van der Waals surface area (Å²) >= 11 is 0. The van der Waals surface area contributed by atoms with E-state index in [1.807, 2.05) is 4.90 Å². The van der Waals surface area contributed by atoms with Crippen LogP contribution in [0.2, 0.25) is 0 Å². The summed E-state index contributed by atoms with van der Waals surface area (Å²) in [7, 11) is 1.29. The molecule has 3 amide bonds. The number of carbonyl (C=O) groups is 3. The molecule has 0 radical (unpaired) electrons. The van der Waals surface area contributed by atoms with E-state index >= 15 is 0 Å². The standard InChI is InChI=1S/C15H25N3O5/c1-23-12(14(20)21)9-16-13(19)11-5-4-8-18(10-11)15(22)17-6-2-3-7-17/h11-12H,2-10H2,1H3,(H,16,19)(H,20,21). The minimum atomic E-state index is -1.11. The van der Waals surface area contributed by atoms with E-state index in [4.69, 9.17) is 9.84 Å². The molecule has 130 valence electrons. The number of carbonyl (C=O) groups excluding carboxylic acids is 2. The quantitative estimate of drug-likeness (QED) is 0.748. The molecule has 0 saturated carbocycles. The molecule has 2 rings (SSSR count). The number of carboxylic acids is 1. The van der Waals surface area contributed by atoms with Gasteiger partial charge in [0.15, 0.2) is 6.10 Å². The smallest absolute Gasteiger partial charge is 0.334 e. The highest BCUT2D eigenvalue weighted by Gasteiger charge is 2.31. The Hall–Kier alpha value is -1.83. The number of rotatable bonds is 5. The van der Waals surface area contributed by atoms with E-state index in [0.717, 1.165) is 32.4 Å². The molecule has 23 heavy (non-hydrogen) atoms. The second-order valence-corrected chi connectivity index (χ2v) is 6.07. The molecule has 2 fully saturated rings. The highest BCUT2D eigenvalue weighted by Crippen LogP contribution is 2.19. The topological polar surface area (TPSA) is 99.2 Å². The number of hydrogen-bond acceptors (Lipinski definition) is 4. The molecular formula is C15H25N3O5. The van der Waals surface area contributed by atoms with Gasteiger partial charge in [0.25, 0.3) is 0 Å². The Morgan fingerprint density at radius 2 is 1.83 bits per heavy atom. The molecule has 0 spiro atoms. The SMILES string of the molecule is COC(CNC(=O)C1CCCN(C(=O)N2CCCC2)C1)C(=O)O. The van der Waals surface area contributed by atoms with Gasteiger partial charge in [0, 0.05) is 33.3 Å². The van der Waals surface area contributed by atoms with Crippen molar-refractivity contribution < 1.29 is 24.2 Å². The van der Waals surface area contributed by atoms with Gasteiger partial charge in [0.1, 0.15) is 0 Å². The number of hydrogen-bond donors (Lipinski definition) is 2. The summed E-state index contributed by atoms with van der Waals surface area (Å²) < 4.78 is 4.79. The molecule has 2 N–H and O–H groups in total. The van der Waals surface area contributed by atoms with E-state index in [-0.39, 0.29) is 24.4 Å². The van der Waals surface area contributed by atoms with E-state index in [0.29, 0.717) is 19.5 Å². The van der Waals surface area contributed by atoms with Crippen molar-refractivity contribution in [1.82, 2.24) is 15.1 Å². The maximum atomic E-state index is 12.4. The number of likely N-dealkylation sites (tertiary alicyclic amines) is 2. The summed E-state index contributed by atoms with van der Waals surface area (Å²) in [6.45, 7) is 2.59. The van der Waals surface area contributed by atoms with Gasteiger partial charge in [-0.2, -0.15) is 0 Å². The van der Waals surface area contributed by atoms with Crippen molar-refractivity contribution in [2.24, 2.45) is 5.92 Å². The fourth-order valence-corrected chi connectivity index (χ4v) is 3.08. The minimum Gasteiger partial charge on any atom is -0.479 e. The fraction of sp³-hybridized carbons (Fsp3) is 0.800. The van der Waals surface area contributed by atoms with Crippen molar-refractivity contribution in [1.29, 1.82) is 0 Å². The Bertz CT molecular complexity index is 450. The zero-order chi connectivity index (χ0) is 16.8. The first-order valence-corrected chi connectivity index (χ1v) is 8.10. The number of piperidine rings is 1. The summed E-state index contributed by atoms with van der Waals surface area (Å²) in [4.78, 5) is 39.1. The van der Waals surface area contributed by atoms with Crippen LogP contribution in [-0.2, 0) is 14.3 Å². The van der Waals surface area contributed by atoms with E-state index < -0.39 is 12.1 Å². The average molecular weight is 327 g/mol. The molecule has 8 heteroatoms. The van der Waals surface area contributed by atoms with Crippen LogP contribution < -0.4 is 5.32 Å². The molecule has 0 aromatic carbocycles. The van der Waals surface area contributed by atoms with Crippen LogP contribution in [0.25, 0.3) is 0 Å². The van der Waals surface area contributed by atoms with Crippen molar-refractivity contribution >= 4 is 17.9 Å². The van der Waals surface area contributed by atoms with Crippen LogP contribution >= 0.6 is 0 Å². The molecule has 0 aliphatic carbocycles. The van der Waals surface area contributed by atoms with Crippen LogP contribution in [0.5, 0.6) is 0 Å². The normalized spacial score (nSPS) is 22.7. The molecule has 0 aromatic heterocycles. The van der Waals surface area contributed by atoms with Gasteiger partial charge in [-0.05, 0) is 25.7 Å². The lowest BCUT2D eigenvalue weighted by Crippen LogP contribution is -2.50. The maximum absolute atomic E-state index is 12.4. The first-order valence-electron chi connectivity index (χ1n) is 8.10. The Kier molecular flexibility index (Phi) is 6.20. The number of nitrogens with one attached hydrogen (secondary N) is 1. The number of methoxy groups -OCH3 is 1. The monoisotopic (exact) mass is 327 g/mol. The van der Waals surface area contributed by atoms with Crippen LogP contribution in [0, 0.1) is 5.92 Å². The van der Waals surface area contributed by atoms with Gasteiger partial charge in [-0.1, -0.05) is 0 Å². The van der Waals surface area contributed by atoms with Crippen LogP contribution in [0.1, 0.15) is 25.7 Å². The Labute approximate surface area is 135 Å². The number of urea groups is 1. The second kappa shape index (κ2) is 8.14. The molecule has 2 atom stereocenters. The van der Waals surface area contributed by atoms with Crippen LogP contribution in [0.15, 0.2) is 0 Å². The first kappa shape index (κ1) is 17.5. The number of carboxylic acid groups (broad SMARTS) is 1. The molecule has 2 aliphatic rings. The summed E-state index contributed by atoms with van der Waals surface area (Å²) in [5.41, 5.74) is 0. The molecule has 2 saturated heterocycles. The number of ether oxygens (including phenoxy) is 1. The second-order valence-electron chi connectivity index (χ2n) is 6.07. The molecular weight excluding hydrogens is 302 g/mol. The summed E-state index contributed by atoms with van der Waals surface area (Å²) in [5.74, 6) is -1.61. The van der Waals surface area contributed by atoms with Crippen molar-refractivity contribution in [3.8, 4) is 0 Å². The van der Waals surface area contributed by atoms with E-state index in [2.05, 4.69) is 5.32 Å². The predicted molar refractivity (Wildman–Crippen MR) is 81.9 cm³/mol. The zero-order valence-electron chi connectivity index (χ0n) is 13.5. The lowest BCUT2D eigenvalue weighted by atomic mass is 9.97. The average Bonchev–Trinajstić information content (AvgIpc) is 3.08. The van der Waals surface area contributed by atoms with Crippen molar-refractivity contribution in [3.05, 3.63) is 0 Å². The minimum absolute atomic E-state index is 0.0142. The van der Waals surface area contributed by atoms with Gasteiger partial charge in [-0.3, -0.25) is 4.79 Å². The first-order chi connectivity index (χ1) is 11.0. The highest BCUT2D eigenvalue weighted by molar-refractivity contribution is 5.82. The van der Waals surface area contributed by atoms with Crippen molar-refractivity contribution in [2.75, 3.05) is 39.8 Å². The fourth-order valence-electron chi connectivity index (χ4n) is 3.08. The third kappa shape index (κ3) is 4.57. The van der Waals surface area contributed by atoms with Crippen LogP contribution in [0.4, 0.5) is 4.79 Å². The number of aliphatic carboxylic acids is 1. The van der Waals surface area contributed by atoms with Gasteiger partial charge in [-0.25, -0.2) is 9.59 Å². The van der Waals surface area contributed by atoms with Gasteiger partial charge in [0.05, 0.1) is 12.5 Å². The molecule has 0 aromatic rings. The maximum Gasteiger partial charge on any atom is 0.334 e. The largest absolute Gasteiger partial charge is 0.479 e. The summed E-state index contributed by atoms with van der Waals surface area (Å²) in [5, 5.41) is 11.5. The van der Waals surface area contributed by atoms with Gasteiger partial charge in [-0.15, -0.1) is 0 Å². The van der Waals surface area contributed by atoms with E-state index in [1.54, 1.807) is 4.90 Å². The van der Waals surface area contributed by atoms with E-state index in [9.17, 15) is 14.4 Å². The van der Waals surface area contributed by atoms with Crippen LogP contribution in [0.3, 0.4) is 0 Å². The Morgan fingerprint density at radius 1 is 1.17 bits per heavy atom. The zero-order valence-corrected chi connectivity index (χ0v) is 13.5. The number of amides is 3. The molecule has 2 unspecified atom stereocenters. The molecule has 8 nitrogen and oxygen atoms in total. The van der Waals surface area contributed by atoms with Gasteiger partial charge in [0.2, 0.25) is 5.91 Å². The third-order valence-corrected chi connectivity index (χ3v) is 4.46. The Balaban J connectivity index is 1.83. The summed E-state index contributed by atoms with van der Waals surface area (Å²) in [6, 6.07) is 0.0142. The molecule has 2 heterocycles. The molecule has 2 aliphatic heterocycles. The van der Waals surface area contributed by atoms with Crippen LogP contribution in [-0.4, -0.2) is 78.8 Å². The van der Waals surface area contributed by atoms with Gasteiger partial charge >= 0.3 is 12.0 Å². The van der Waals surface area contributed by atoms with Gasteiger partial charge < -0.3 is 25.0 Å². The third-order valence-electron chi connectivity index (χ3n) is 4.46. The predicted octanol–water partition coefficient (Wildman–Crippen LogP) is 0.130. The number of nitrogens with zero attached hydrogens (tertiary/aromatic N) is 2. The van der Waals surface area contributed by atoms with Crippen molar-refractivity contribution in [2.45, 2.75) is 31.8 Å².